The van der Waals surface area contributed by atoms with Crippen molar-refractivity contribution in [1.29, 1.82) is 0 Å². The van der Waals surface area contributed by atoms with Crippen molar-refractivity contribution >= 4 is 31.3 Å². The third-order valence-electron chi connectivity index (χ3n) is 7.27. The van der Waals surface area contributed by atoms with Gasteiger partial charge in [-0.05, 0) is 30.7 Å². The number of hydrogen-bond donors (Lipinski definition) is 5. The van der Waals surface area contributed by atoms with Crippen LogP contribution in [0.3, 0.4) is 0 Å². The predicted molar refractivity (Wildman–Crippen MR) is 146 cm³/mol. The average Bonchev–Trinajstić information content (AvgIpc) is 2.90. The summed E-state index contributed by atoms with van der Waals surface area (Å²) in [6.45, 7) is 1.60. The van der Waals surface area contributed by atoms with E-state index in [0.29, 0.717) is 12.5 Å². The second-order valence-electron chi connectivity index (χ2n) is 10.6. The molecule has 1 fully saturated rings. The van der Waals surface area contributed by atoms with Gasteiger partial charge < -0.3 is 30.4 Å². The molecular weight excluding hydrogens is 563 g/mol. The van der Waals surface area contributed by atoms with Crippen molar-refractivity contribution < 1.29 is 47.4 Å². The second kappa shape index (κ2) is 15.4. The summed E-state index contributed by atoms with van der Waals surface area (Å²) in [5.41, 5.74) is -5.03. The minimum Gasteiger partial charge on any atom is -0.481 e. The lowest BCUT2D eigenvalue weighted by molar-refractivity contribution is -0.139. The summed E-state index contributed by atoms with van der Waals surface area (Å²) in [4.78, 5) is 68.7. The molecule has 1 aromatic rings. The predicted octanol–water partition coefficient (Wildman–Crippen LogP) is 3.13. The van der Waals surface area contributed by atoms with Gasteiger partial charge in [-0.3, -0.25) is 23.7 Å². The van der Waals surface area contributed by atoms with Crippen LogP contribution in [0.1, 0.15) is 75.8 Å². The topological polar surface area (TPSA) is 173 Å². The SMILES string of the molecule is CC(=O)N[C@@H](Cc1ccc(C(F)(F)P(=O)(O)O)cc1)C(=O)NC(CCC(=O)O)C(=O)N(C)CCCC1CCCCC1. The summed E-state index contributed by atoms with van der Waals surface area (Å²) in [5, 5.41) is 14.1. The van der Waals surface area contributed by atoms with Gasteiger partial charge in [0.15, 0.2) is 0 Å². The van der Waals surface area contributed by atoms with E-state index in [1.54, 1.807) is 7.05 Å². The number of rotatable bonds is 15. The van der Waals surface area contributed by atoms with Crippen LogP contribution in [-0.4, -0.2) is 69.2 Å². The zero-order chi connectivity index (χ0) is 30.8. The van der Waals surface area contributed by atoms with Gasteiger partial charge in [0.05, 0.1) is 0 Å². The molecule has 0 aromatic heterocycles. The van der Waals surface area contributed by atoms with E-state index in [1.165, 1.54) is 37.0 Å². The maximum Gasteiger partial charge on any atom is 0.399 e. The molecule has 0 saturated heterocycles. The van der Waals surface area contributed by atoms with E-state index in [4.69, 9.17) is 14.9 Å². The molecule has 41 heavy (non-hydrogen) atoms. The summed E-state index contributed by atoms with van der Waals surface area (Å²) in [6, 6.07) is 1.52. The highest BCUT2D eigenvalue weighted by Gasteiger charge is 2.50. The van der Waals surface area contributed by atoms with E-state index in [2.05, 4.69) is 10.6 Å². The van der Waals surface area contributed by atoms with E-state index in [0.717, 1.165) is 44.0 Å². The lowest BCUT2D eigenvalue weighted by Gasteiger charge is -2.27. The maximum atomic E-state index is 14.0. The first-order chi connectivity index (χ1) is 19.1. The number of nitrogens with one attached hydrogen (secondary N) is 2. The van der Waals surface area contributed by atoms with Crippen molar-refractivity contribution in [3.05, 3.63) is 35.4 Å². The number of benzene rings is 1. The first-order valence-corrected chi connectivity index (χ1v) is 15.3. The number of likely N-dealkylation sites (N-methyl/N-ethyl adjacent to an activating group) is 1. The molecular formula is C27H40F2N3O8P. The van der Waals surface area contributed by atoms with Crippen molar-refractivity contribution in [1.82, 2.24) is 15.5 Å². The summed E-state index contributed by atoms with van der Waals surface area (Å²) in [6.07, 6.45) is 7.03. The van der Waals surface area contributed by atoms with Crippen molar-refractivity contribution in [2.24, 2.45) is 5.92 Å². The molecule has 2 rings (SSSR count). The van der Waals surface area contributed by atoms with Gasteiger partial charge in [-0.15, -0.1) is 0 Å². The monoisotopic (exact) mass is 603 g/mol. The molecule has 5 N–H and O–H groups in total. The number of carboxylic acids is 1. The Morgan fingerprint density at radius 2 is 1.66 bits per heavy atom. The number of carbonyl (C=O) groups excluding carboxylic acids is 3. The van der Waals surface area contributed by atoms with Gasteiger partial charge in [0, 0.05) is 38.9 Å². The van der Waals surface area contributed by atoms with E-state index in [-0.39, 0.29) is 24.8 Å². The summed E-state index contributed by atoms with van der Waals surface area (Å²) < 4.78 is 39.1. The highest BCUT2D eigenvalue weighted by atomic mass is 31.2. The highest BCUT2D eigenvalue weighted by molar-refractivity contribution is 7.52. The van der Waals surface area contributed by atoms with Crippen LogP contribution in [0.25, 0.3) is 0 Å². The number of amides is 3. The highest BCUT2D eigenvalue weighted by Crippen LogP contribution is 2.59. The lowest BCUT2D eigenvalue weighted by atomic mass is 9.86. The average molecular weight is 604 g/mol. The largest absolute Gasteiger partial charge is 0.481 e. The molecule has 1 aliphatic rings. The van der Waals surface area contributed by atoms with Gasteiger partial charge in [-0.1, -0.05) is 56.4 Å². The number of carboxylic acid groups (broad SMARTS) is 1. The number of aliphatic carboxylic acids is 1. The van der Waals surface area contributed by atoms with Crippen LogP contribution >= 0.6 is 7.60 Å². The molecule has 230 valence electrons. The van der Waals surface area contributed by atoms with Crippen LogP contribution in [-0.2, 0) is 35.8 Å². The molecule has 0 bridgehead atoms. The molecule has 1 saturated carbocycles. The Bertz CT molecular complexity index is 1110. The molecule has 1 unspecified atom stereocenters. The molecule has 0 radical (unpaired) electrons. The first-order valence-electron chi connectivity index (χ1n) is 13.7. The fourth-order valence-corrected chi connectivity index (χ4v) is 5.45. The van der Waals surface area contributed by atoms with E-state index >= 15 is 0 Å². The minimum absolute atomic E-state index is 0.175. The second-order valence-corrected chi connectivity index (χ2v) is 12.3. The maximum absolute atomic E-state index is 14.0. The molecule has 14 heteroatoms. The first kappa shape index (κ1) is 34.3. The molecule has 3 amide bonds. The van der Waals surface area contributed by atoms with Crippen molar-refractivity contribution in [2.45, 2.75) is 88.9 Å². The summed E-state index contributed by atoms with van der Waals surface area (Å²) in [7, 11) is -4.18. The van der Waals surface area contributed by atoms with Crippen LogP contribution in [0, 0.1) is 5.92 Å². The Labute approximate surface area is 238 Å². The normalized spacial score (nSPS) is 16.0. The zero-order valence-electron chi connectivity index (χ0n) is 23.4. The van der Waals surface area contributed by atoms with E-state index < -0.39 is 54.6 Å². The minimum atomic E-state index is -5.76. The number of alkyl halides is 2. The number of nitrogens with zero attached hydrogens (tertiary/aromatic N) is 1. The third kappa shape index (κ3) is 10.8. The van der Waals surface area contributed by atoms with Gasteiger partial charge in [0.2, 0.25) is 17.7 Å². The van der Waals surface area contributed by atoms with Crippen molar-refractivity contribution in [2.75, 3.05) is 13.6 Å². The van der Waals surface area contributed by atoms with Crippen LogP contribution in [0.5, 0.6) is 0 Å². The fraction of sp³-hybridized carbons (Fsp3) is 0.630. The van der Waals surface area contributed by atoms with Gasteiger partial charge in [-0.25, -0.2) is 0 Å². The Hall–Kier alpha value is -2.89. The zero-order valence-corrected chi connectivity index (χ0v) is 24.2. The van der Waals surface area contributed by atoms with Crippen LogP contribution in [0.4, 0.5) is 8.78 Å². The molecule has 0 heterocycles. The Balaban J connectivity index is 2.11. The fourth-order valence-electron chi connectivity index (χ4n) is 4.97. The van der Waals surface area contributed by atoms with Gasteiger partial charge in [0.1, 0.15) is 12.1 Å². The van der Waals surface area contributed by atoms with Gasteiger partial charge in [-0.2, -0.15) is 8.78 Å². The van der Waals surface area contributed by atoms with Gasteiger partial charge >= 0.3 is 19.2 Å². The van der Waals surface area contributed by atoms with Crippen LogP contribution in [0.2, 0.25) is 0 Å². The standard InChI is InChI=1S/C27H40F2N3O8P/c1-18(33)30-23(17-20-10-12-21(13-11-20)27(28,29)41(38,39)40)25(36)31-22(14-15-24(34)35)26(37)32(2)16-6-9-19-7-4-3-5-8-19/h10-13,19,22-23H,3-9,14-17H2,1-2H3,(H,30,33)(H,31,36)(H,34,35)(H2,38,39,40)/t22?,23-/m0/s1. The van der Waals surface area contributed by atoms with Gasteiger partial charge in [0.25, 0.3) is 0 Å². The quantitative estimate of drug-likeness (QED) is 0.190. The Morgan fingerprint density at radius 3 is 2.20 bits per heavy atom. The van der Waals surface area contributed by atoms with E-state index in [9.17, 15) is 32.5 Å². The number of carbonyl (C=O) groups is 4. The molecule has 1 aliphatic carbocycles. The number of halogens is 2. The third-order valence-corrected chi connectivity index (χ3v) is 8.26. The Morgan fingerprint density at radius 1 is 1.05 bits per heavy atom. The summed E-state index contributed by atoms with van der Waals surface area (Å²) >= 11 is 0. The van der Waals surface area contributed by atoms with E-state index in [1.807, 2.05) is 0 Å². The van der Waals surface area contributed by atoms with Crippen molar-refractivity contribution in [3.63, 3.8) is 0 Å². The summed E-state index contributed by atoms with van der Waals surface area (Å²) in [5.74, 6) is -2.34. The molecule has 2 atom stereocenters. The number of hydrogen-bond acceptors (Lipinski definition) is 5. The molecule has 0 spiro atoms. The molecule has 1 aromatic carbocycles. The van der Waals surface area contributed by atoms with Crippen LogP contribution in [0.15, 0.2) is 24.3 Å². The molecule has 11 nitrogen and oxygen atoms in total. The Kier molecular flexibility index (Phi) is 12.9. The smallest absolute Gasteiger partial charge is 0.399 e. The van der Waals surface area contributed by atoms with Crippen molar-refractivity contribution in [3.8, 4) is 0 Å². The molecule has 0 aliphatic heterocycles. The van der Waals surface area contributed by atoms with Crippen LogP contribution < -0.4 is 10.6 Å². The lowest BCUT2D eigenvalue weighted by Crippen LogP contribution is -2.54.